The van der Waals surface area contributed by atoms with Gasteiger partial charge in [-0.15, -0.1) is 12.4 Å². The summed E-state index contributed by atoms with van der Waals surface area (Å²) < 4.78 is 5.74. The molecule has 1 fully saturated rings. The second-order valence-electron chi connectivity index (χ2n) is 7.23. The zero-order valence-corrected chi connectivity index (χ0v) is 16.3. The van der Waals surface area contributed by atoms with Crippen LogP contribution in [-0.2, 0) is 11.2 Å². The summed E-state index contributed by atoms with van der Waals surface area (Å²) in [6, 6.07) is 16.7. The number of nitrogens with one attached hydrogen (secondary N) is 2. The number of carbonyl (C=O) groups excluding carboxylic acids is 1. The summed E-state index contributed by atoms with van der Waals surface area (Å²) in [5.41, 5.74) is 3.46. The molecular formula is C22H27ClN2O2. The summed E-state index contributed by atoms with van der Waals surface area (Å²) in [5.74, 6) is 1.08. The third kappa shape index (κ3) is 4.82. The summed E-state index contributed by atoms with van der Waals surface area (Å²) in [7, 11) is 0. The van der Waals surface area contributed by atoms with Gasteiger partial charge in [0, 0.05) is 12.5 Å². The molecule has 4 rings (SSSR count). The van der Waals surface area contributed by atoms with Crippen molar-refractivity contribution in [3.05, 3.63) is 65.2 Å². The molecule has 2 aromatic carbocycles. The standard InChI is InChI=1S/C22H26N2O2.ClH/c25-21(15-19-9-4-12-23-19)24-22(16-6-2-1-3-7-16)18-10-11-20-17(14-18)8-5-13-26-20;/h1-3,6-7,10-11,14,19,22-23H,4-5,8-9,12-13,15H2,(H,24,25);1H. The van der Waals surface area contributed by atoms with Gasteiger partial charge in [0.15, 0.2) is 0 Å². The minimum absolute atomic E-state index is 0. The molecule has 2 aliphatic heterocycles. The fourth-order valence-corrected chi connectivity index (χ4v) is 3.94. The van der Waals surface area contributed by atoms with E-state index in [1.165, 1.54) is 5.56 Å². The van der Waals surface area contributed by atoms with E-state index < -0.39 is 0 Å². The number of benzene rings is 2. The molecule has 4 nitrogen and oxygen atoms in total. The van der Waals surface area contributed by atoms with E-state index >= 15 is 0 Å². The lowest BCUT2D eigenvalue weighted by Crippen LogP contribution is -2.34. The quantitative estimate of drug-likeness (QED) is 0.822. The van der Waals surface area contributed by atoms with E-state index in [1.54, 1.807) is 0 Å². The zero-order valence-electron chi connectivity index (χ0n) is 15.4. The van der Waals surface area contributed by atoms with Crippen molar-refractivity contribution in [3.63, 3.8) is 0 Å². The maximum absolute atomic E-state index is 12.7. The molecule has 2 N–H and O–H groups in total. The van der Waals surface area contributed by atoms with Crippen LogP contribution in [0.2, 0.25) is 0 Å². The van der Waals surface area contributed by atoms with Crippen LogP contribution in [0.15, 0.2) is 48.5 Å². The molecule has 144 valence electrons. The van der Waals surface area contributed by atoms with Crippen LogP contribution in [0.3, 0.4) is 0 Å². The maximum atomic E-state index is 12.7. The van der Waals surface area contributed by atoms with Gasteiger partial charge in [0.1, 0.15) is 5.75 Å². The highest BCUT2D eigenvalue weighted by Crippen LogP contribution is 2.30. The largest absolute Gasteiger partial charge is 0.493 e. The molecule has 2 unspecified atom stereocenters. The zero-order chi connectivity index (χ0) is 17.8. The van der Waals surface area contributed by atoms with Crippen LogP contribution in [0.25, 0.3) is 0 Å². The van der Waals surface area contributed by atoms with Crippen molar-refractivity contribution in [3.8, 4) is 5.75 Å². The summed E-state index contributed by atoms with van der Waals surface area (Å²) in [4.78, 5) is 12.7. The van der Waals surface area contributed by atoms with Crippen molar-refractivity contribution >= 4 is 18.3 Å². The first kappa shape index (κ1) is 19.7. The van der Waals surface area contributed by atoms with Crippen LogP contribution in [0.5, 0.6) is 5.75 Å². The Morgan fingerprint density at radius 3 is 2.78 bits per heavy atom. The molecule has 0 bridgehead atoms. The van der Waals surface area contributed by atoms with Crippen molar-refractivity contribution in [2.24, 2.45) is 0 Å². The average molecular weight is 387 g/mol. The van der Waals surface area contributed by atoms with Gasteiger partial charge in [-0.05, 0) is 61.1 Å². The Morgan fingerprint density at radius 2 is 2.00 bits per heavy atom. The van der Waals surface area contributed by atoms with Gasteiger partial charge in [0.05, 0.1) is 12.6 Å². The Kier molecular flexibility index (Phi) is 6.75. The number of hydrogen-bond acceptors (Lipinski definition) is 3. The van der Waals surface area contributed by atoms with Crippen molar-refractivity contribution in [2.75, 3.05) is 13.2 Å². The lowest BCUT2D eigenvalue weighted by atomic mass is 9.94. The molecule has 1 amide bonds. The molecule has 0 radical (unpaired) electrons. The number of fused-ring (bicyclic) bond motifs is 1. The molecule has 1 saturated heterocycles. The molecule has 0 aromatic heterocycles. The van der Waals surface area contributed by atoms with Crippen LogP contribution in [0.4, 0.5) is 0 Å². The molecule has 2 aliphatic rings. The van der Waals surface area contributed by atoms with E-state index in [0.29, 0.717) is 12.5 Å². The highest BCUT2D eigenvalue weighted by atomic mass is 35.5. The summed E-state index contributed by atoms with van der Waals surface area (Å²) in [5, 5.41) is 6.67. The fourth-order valence-electron chi connectivity index (χ4n) is 3.94. The van der Waals surface area contributed by atoms with Crippen LogP contribution >= 0.6 is 12.4 Å². The second-order valence-corrected chi connectivity index (χ2v) is 7.23. The van der Waals surface area contributed by atoms with Gasteiger partial charge in [0.2, 0.25) is 5.91 Å². The second kappa shape index (κ2) is 9.25. The van der Waals surface area contributed by atoms with Gasteiger partial charge < -0.3 is 15.4 Å². The first-order chi connectivity index (χ1) is 12.8. The SMILES string of the molecule is Cl.O=C(CC1CCCN1)NC(c1ccccc1)c1ccc2c(c1)CCCO2. The Labute approximate surface area is 167 Å². The van der Waals surface area contributed by atoms with E-state index in [4.69, 9.17) is 4.74 Å². The van der Waals surface area contributed by atoms with Gasteiger partial charge in [-0.25, -0.2) is 0 Å². The van der Waals surface area contributed by atoms with E-state index in [-0.39, 0.29) is 24.4 Å². The average Bonchev–Trinajstić information content (AvgIpc) is 3.19. The molecule has 27 heavy (non-hydrogen) atoms. The Bertz CT molecular complexity index is 760. The topological polar surface area (TPSA) is 50.4 Å². The normalized spacial score (nSPS) is 19.3. The minimum atomic E-state index is -0.127. The molecule has 2 atom stereocenters. The maximum Gasteiger partial charge on any atom is 0.222 e. The number of amides is 1. The van der Waals surface area contributed by atoms with Gasteiger partial charge in [-0.1, -0.05) is 36.4 Å². The smallest absolute Gasteiger partial charge is 0.222 e. The first-order valence-corrected chi connectivity index (χ1v) is 9.63. The van der Waals surface area contributed by atoms with Crippen LogP contribution < -0.4 is 15.4 Å². The van der Waals surface area contributed by atoms with Gasteiger partial charge in [0.25, 0.3) is 0 Å². The van der Waals surface area contributed by atoms with Crippen LogP contribution in [-0.4, -0.2) is 25.1 Å². The summed E-state index contributed by atoms with van der Waals surface area (Å²) >= 11 is 0. The third-order valence-electron chi connectivity index (χ3n) is 5.30. The Balaban J connectivity index is 0.00000210. The number of hydrogen-bond donors (Lipinski definition) is 2. The van der Waals surface area contributed by atoms with E-state index in [1.807, 2.05) is 24.3 Å². The molecule has 5 heteroatoms. The summed E-state index contributed by atoms with van der Waals surface area (Å²) in [6.07, 6.45) is 4.86. The van der Waals surface area contributed by atoms with Crippen molar-refractivity contribution in [2.45, 2.75) is 44.2 Å². The summed E-state index contributed by atoms with van der Waals surface area (Å²) in [6.45, 7) is 1.81. The number of aryl methyl sites for hydroxylation is 1. The van der Waals surface area contributed by atoms with Crippen molar-refractivity contribution < 1.29 is 9.53 Å². The highest BCUT2D eigenvalue weighted by Gasteiger charge is 2.22. The first-order valence-electron chi connectivity index (χ1n) is 9.63. The van der Waals surface area contributed by atoms with E-state index in [0.717, 1.165) is 55.7 Å². The Hall–Kier alpha value is -2.04. The van der Waals surface area contributed by atoms with Gasteiger partial charge >= 0.3 is 0 Å². The molecule has 2 aromatic rings. The number of ether oxygens (including phenoxy) is 1. The van der Waals surface area contributed by atoms with Crippen molar-refractivity contribution in [1.82, 2.24) is 10.6 Å². The predicted octanol–water partition coefficient (Wildman–Crippen LogP) is 3.78. The van der Waals surface area contributed by atoms with Gasteiger partial charge in [-0.3, -0.25) is 4.79 Å². The molecule has 0 spiro atoms. The number of halogens is 1. The lowest BCUT2D eigenvalue weighted by molar-refractivity contribution is -0.122. The fraction of sp³-hybridized carbons (Fsp3) is 0.409. The van der Waals surface area contributed by atoms with Gasteiger partial charge in [-0.2, -0.15) is 0 Å². The third-order valence-corrected chi connectivity index (χ3v) is 5.30. The van der Waals surface area contributed by atoms with Crippen molar-refractivity contribution in [1.29, 1.82) is 0 Å². The molecule has 0 aliphatic carbocycles. The Morgan fingerprint density at radius 1 is 1.15 bits per heavy atom. The highest BCUT2D eigenvalue weighted by molar-refractivity contribution is 5.85. The van der Waals surface area contributed by atoms with E-state index in [2.05, 4.69) is 34.9 Å². The minimum Gasteiger partial charge on any atom is -0.493 e. The molecule has 0 saturated carbocycles. The lowest BCUT2D eigenvalue weighted by Gasteiger charge is -2.24. The van der Waals surface area contributed by atoms with Crippen LogP contribution in [0.1, 0.15) is 48.4 Å². The number of rotatable bonds is 5. The van der Waals surface area contributed by atoms with E-state index in [9.17, 15) is 4.79 Å². The number of carbonyl (C=O) groups is 1. The predicted molar refractivity (Wildman–Crippen MR) is 110 cm³/mol. The van der Waals surface area contributed by atoms with Crippen LogP contribution in [0, 0.1) is 0 Å². The molecular weight excluding hydrogens is 360 g/mol. The monoisotopic (exact) mass is 386 g/mol. The molecule has 2 heterocycles.